The molecule has 0 spiro atoms. The van der Waals surface area contributed by atoms with Gasteiger partial charge >= 0.3 is 0 Å². The van der Waals surface area contributed by atoms with Crippen LogP contribution in [-0.4, -0.2) is 20.4 Å². The van der Waals surface area contributed by atoms with E-state index in [1.54, 1.807) is 23.1 Å². The van der Waals surface area contributed by atoms with E-state index in [1.807, 2.05) is 36.6 Å². The van der Waals surface area contributed by atoms with Gasteiger partial charge in [0.2, 0.25) is 11.0 Å². The molecule has 3 heterocycles. The van der Waals surface area contributed by atoms with Crippen LogP contribution in [0.3, 0.4) is 0 Å². The van der Waals surface area contributed by atoms with Gasteiger partial charge in [0.1, 0.15) is 0 Å². The Morgan fingerprint density at radius 2 is 2.04 bits per heavy atom. The molecule has 6 nitrogen and oxygen atoms in total. The van der Waals surface area contributed by atoms with Crippen molar-refractivity contribution in [3.05, 3.63) is 53.2 Å². The van der Waals surface area contributed by atoms with Gasteiger partial charge in [0.05, 0.1) is 10.1 Å². The lowest BCUT2D eigenvalue weighted by Crippen LogP contribution is -1.89. The number of aryl methyl sites for hydroxylation is 1. The normalized spacial score (nSPS) is 12.2. The lowest BCUT2D eigenvalue weighted by molar-refractivity contribution is 0.510. The highest BCUT2D eigenvalue weighted by atomic mass is 32.2. The number of nitrogens with zero attached hydrogens (tertiary/aromatic N) is 4. The molecule has 0 amide bonds. The summed E-state index contributed by atoms with van der Waals surface area (Å²) < 4.78 is 6.64. The van der Waals surface area contributed by atoms with Gasteiger partial charge in [-0.2, -0.15) is 0 Å². The third-order valence-corrected chi connectivity index (χ3v) is 6.34. The Balaban J connectivity index is 1.42. The fourth-order valence-electron chi connectivity index (χ4n) is 2.25. The lowest BCUT2D eigenvalue weighted by atomic mass is 10.2. The second kappa shape index (κ2) is 7.56. The predicted octanol–water partition coefficient (Wildman–Crippen LogP) is 5.55. The molecular formula is C17H15N5OS3. The van der Waals surface area contributed by atoms with Gasteiger partial charge in [0.25, 0.3) is 5.89 Å². The summed E-state index contributed by atoms with van der Waals surface area (Å²) in [6, 6.07) is 12.1. The van der Waals surface area contributed by atoms with E-state index in [-0.39, 0.29) is 5.25 Å². The first-order chi connectivity index (χ1) is 12.7. The first-order valence-electron chi connectivity index (χ1n) is 7.88. The van der Waals surface area contributed by atoms with Crippen molar-refractivity contribution in [3.63, 3.8) is 0 Å². The molecule has 1 atom stereocenters. The summed E-state index contributed by atoms with van der Waals surface area (Å²) in [5, 5.41) is 22.8. The monoisotopic (exact) mass is 401 g/mol. The van der Waals surface area contributed by atoms with Crippen LogP contribution in [0.2, 0.25) is 0 Å². The zero-order chi connectivity index (χ0) is 17.9. The molecule has 0 aliphatic rings. The van der Waals surface area contributed by atoms with Crippen LogP contribution < -0.4 is 5.32 Å². The average molecular weight is 402 g/mol. The number of nitrogens with one attached hydrogen (secondary N) is 1. The molecule has 4 aromatic rings. The van der Waals surface area contributed by atoms with Gasteiger partial charge in [0.15, 0.2) is 4.34 Å². The van der Waals surface area contributed by atoms with E-state index in [9.17, 15) is 0 Å². The number of thioether (sulfide) groups is 1. The van der Waals surface area contributed by atoms with Crippen molar-refractivity contribution in [2.75, 3.05) is 5.32 Å². The van der Waals surface area contributed by atoms with Gasteiger partial charge in [-0.05, 0) is 43.0 Å². The van der Waals surface area contributed by atoms with Crippen LogP contribution in [0.1, 0.15) is 23.6 Å². The molecule has 0 aliphatic carbocycles. The number of hydrogen-bond donors (Lipinski definition) is 1. The molecular weight excluding hydrogens is 386 g/mol. The fraction of sp³-hybridized carbons (Fsp3) is 0.176. The Morgan fingerprint density at radius 3 is 2.85 bits per heavy atom. The van der Waals surface area contributed by atoms with Gasteiger partial charge in [-0.15, -0.1) is 31.7 Å². The summed E-state index contributed by atoms with van der Waals surface area (Å²) in [6.07, 6.45) is 0. The molecule has 0 unspecified atom stereocenters. The van der Waals surface area contributed by atoms with Crippen LogP contribution >= 0.6 is 34.4 Å². The maximum absolute atomic E-state index is 5.79. The fourth-order valence-corrected chi connectivity index (χ4v) is 4.85. The Morgan fingerprint density at radius 1 is 1.12 bits per heavy atom. The van der Waals surface area contributed by atoms with Crippen molar-refractivity contribution >= 4 is 45.3 Å². The van der Waals surface area contributed by atoms with Crippen LogP contribution in [0, 0.1) is 6.92 Å². The average Bonchev–Trinajstić information content (AvgIpc) is 3.36. The Labute approximate surface area is 162 Å². The number of hydrogen-bond acceptors (Lipinski definition) is 9. The van der Waals surface area contributed by atoms with Crippen LogP contribution in [-0.2, 0) is 0 Å². The van der Waals surface area contributed by atoms with Crippen molar-refractivity contribution < 1.29 is 4.42 Å². The molecule has 1 N–H and O–H groups in total. The summed E-state index contributed by atoms with van der Waals surface area (Å²) in [5.74, 6) is 1.14. The van der Waals surface area contributed by atoms with Gasteiger partial charge in [0, 0.05) is 5.69 Å². The van der Waals surface area contributed by atoms with E-state index in [0.717, 1.165) is 20.0 Å². The standard InChI is InChI=1S/C17H15N5OS3/c1-10-5-3-6-12(9-10)18-16-21-22-17(26-16)25-11(2)14-19-20-15(23-14)13-7-4-8-24-13/h3-9,11H,1-2H3,(H,18,21)/t11-/m1/s1. The van der Waals surface area contributed by atoms with Gasteiger partial charge in [-0.25, -0.2) is 0 Å². The molecule has 0 bridgehead atoms. The van der Waals surface area contributed by atoms with Crippen molar-refractivity contribution in [2.45, 2.75) is 23.4 Å². The smallest absolute Gasteiger partial charge is 0.257 e. The van der Waals surface area contributed by atoms with Crippen LogP contribution in [0.5, 0.6) is 0 Å². The molecule has 4 rings (SSSR count). The highest BCUT2D eigenvalue weighted by Gasteiger charge is 2.19. The largest absolute Gasteiger partial charge is 0.419 e. The topological polar surface area (TPSA) is 76.7 Å². The minimum atomic E-state index is -0.00372. The first-order valence-corrected chi connectivity index (χ1v) is 10.5. The van der Waals surface area contributed by atoms with E-state index >= 15 is 0 Å². The summed E-state index contributed by atoms with van der Waals surface area (Å²) in [4.78, 5) is 0.974. The predicted molar refractivity (Wildman–Crippen MR) is 106 cm³/mol. The number of benzene rings is 1. The minimum absolute atomic E-state index is 0.00372. The Bertz CT molecular complexity index is 995. The molecule has 0 aliphatic heterocycles. The Hall–Kier alpha value is -2.23. The van der Waals surface area contributed by atoms with Crippen molar-refractivity contribution in [2.24, 2.45) is 0 Å². The van der Waals surface area contributed by atoms with Crippen molar-refractivity contribution in [3.8, 4) is 10.8 Å². The summed E-state index contributed by atoms with van der Waals surface area (Å²) in [5.41, 5.74) is 2.20. The molecule has 1 aromatic carbocycles. The van der Waals surface area contributed by atoms with E-state index in [0.29, 0.717) is 11.8 Å². The zero-order valence-corrected chi connectivity index (χ0v) is 16.5. The van der Waals surface area contributed by atoms with Crippen molar-refractivity contribution in [1.29, 1.82) is 0 Å². The zero-order valence-electron chi connectivity index (χ0n) is 14.0. The van der Waals surface area contributed by atoms with Gasteiger partial charge in [-0.3, -0.25) is 0 Å². The molecule has 26 heavy (non-hydrogen) atoms. The summed E-state index contributed by atoms with van der Waals surface area (Å²) in [6.45, 7) is 4.08. The lowest BCUT2D eigenvalue weighted by Gasteiger charge is -2.03. The van der Waals surface area contributed by atoms with E-state index in [4.69, 9.17) is 4.42 Å². The van der Waals surface area contributed by atoms with Gasteiger partial charge < -0.3 is 9.73 Å². The third-order valence-electron chi connectivity index (χ3n) is 3.47. The number of thiophene rings is 1. The number of anilines is 2. The van der Waals surface area contributed by atoms with E-state index < -0.39 is 0 Å². The molecule has 9 heteroatoms. The van der Waals surface area contributed by atoms with Crippen LogP contribution in [0.15, 0.2) is 50.5 Å². The Kier molecular flexibility index (Phi) is 5.00. The summed E-state index contributed by atoms with van der Waals surface area (Å²) >= 11 is 4.64. The number of rotatable bonds is 6. The molecule has 0 saturated heterocycles. The highest BCUT2D eigenvalue weighted by Crippen LogP contribution is 2.38. The molecule has 3 aromatic heterocycles. The molecule has 0 radical (unpaired) electrons. The quantitative estimate of drug-likeness (QED) is 0.424. The second-order valence-electron chi connectivity index (χ2n) is 5.55. The molecule has 0 saturated carbocycles. The minimum Gasteiger partial charge on any atom is -0.419 e. The van der Waals surface area contributed by atoms with E-state index in [2.05, 4.69) is 44.8 Å². The first kappa shape index (κ1) is 17.2. The van der Waals surface area contributed by atoms with Crippen LogP contribution in [0.25, 0.3) is 10.8 Å². The van der Waals surface area contributed by atoms with Gasteiger partial charge in [-0.1, -0.05) is 41.3 Å². The summed E-state index contributed by atoms with van der Waals surface area (Å²) in [7, 11) is 0. The van der Waals surface area contributed by atoms with E-state index in [1.165, 1.54) is 16.9 Å². The highest BCUT2D eigenvalue weighted by molar-refractivity contribution is 8.01. The van der Waals surface area contributed by atoms with Crippen molar-refractivity contribution in [1.82, 2.24) is 20.4 Å². The third kappa shape index (κ3) is 3.95. The molecule has 0 fully saturated rings. The second-order valence-corrected chi connectivity index (χ2v) is 9.06. The number of aromatic nitrogens is 4. The molecule has 132 valence electrons. The van der Waals surface area contributed by atoms with Crippen LogP contribution in [0.4, 0.5) is 10.8 Å². The maximum atomic E-state index is 5.79. The maximum Gasteiger partial charge on any atom is 0.257 e. The SMILES string of the molecule is Cc1cccc(Nc2nnc(S[C@H](C)c3nnc(-c4cccs4)o3)s2)c1.